The Morgan fingerprint density at radius 2 is 1.66 bits per heavy atom. The molecule has 0 saturated carbocycles. The number of hydrogen-bond acceptors (Lipinski definition) is 5. The standard InChI is InChI=1S/C26H25N3OS2/c1-17-27-25(23-20-14-8-9-15-21(20)32-26(23)28-17)31-16-22(30)29-24(18-10-4-2-5-11-18)19-12-6-3-7-13-19/h2-7,10-13,24H,8-9,14-16H2,1H3,(H,29,30). The van der Waals surface area contributed by atoms with Gasteiger partial charge in [0.25, 0.3) is 0 Å². The number of thioether (sulfide) groups is 1. The number of aryl methyl sites for hydroxylation is 3. The van der Waals surface area contributed by atoms with Crippen molar-refractivity contribution in [1.82, 2.24) is 15.3 Å². The molecule has 6 heteroatoms. The number of amides is 1. The van der Waals surface area contributed by atoms with Crippen LogP contribution in [0.4, 0.5) is 0 Å². The van der Waals surface area contributed by atoms with Gasteiger partial charge in [-0.25, -0.2) is 9.97 Å². The van der Waals surface area contributed by atoms with E-state index in [0.717, 1.165) is 39.6 Å². The Morgan fingerprint density at radius 1 is 1.00 bits per heavy atom. The van der Waals surface area contributed by atoms with Crippen molar-refractivity contribution in [3.8, 4) is 0 Å². The van der Waals surface area contributed by atoms with Gasteiger partial charge in [-0.3, -0.25) is 4.79 Å². The highest BCUT2D eigenvalue weighted by Crippen LogP contribution is 2.39. The van der Waals surface area contributed by atoms with E-state index < -0.39 is 0 Å². The molecule has 0 radical (unpaired) electrons. The predicted molar refractivity (Wildman–Crippen MR) is 132 cm³/mol. The topological polar surface area (TPSA) is 54.9 Å². The van der Waals surface area contributed by atoms with Crippen LogP contribution in [0.2, 0.25) is 0 Å². The number of carbonyl (C=O) groups is 1. The van der Waals surface area contributed by atoms with E-state index >= 15 is 0 Å². The first-order valence-electron chi connectivity index (χ1n) is 11.0. The van der Waals surface area contributed by atoms with Crippen LogP contribution in [-0.2, 0) is 17.6 Å². The maximum atomic E-state index is 13.0. The van der Waals surface area contributed by atoms with Gasteiger partial charge in [-0.15, -0.1) is 11.3 Å². The van der Waals surface area contributed by atoms with Gasteiger partial charge in [0.15, 0.2) is 0 Å². The Labute approximate surface area is 196 Å². The van der Waals surface area contributed by atoms with Crippen LogP contribution < -0.4 is 5.32 Å². The molecule has 1 N–H and O–H groups in total. The van der Waals surface area contributed by atoms with E-state index in [1.807, 2.05) is 43.3 Å². The van der Waals surface area contributed by atoms with Crippen LogP contribution in [-0.4, -0.2) is 21.6 Å². The Bertz CT molecular complexity index is 1200. The Morgan fingerprint density at radius 3 is 2.34 bits per heavy atom. The number of nitrogens with one attached hydrogen (secondary N) is 1. The summed E-state index contributed by atoms with van der Waals surface area (Å²) in [5.74, 6) is 1.10. The molecule has 162 valence electrons. The Kier molecular flexibility index (Phi) is 6.23. The number of hydrogen-bond donors (Lipinski definition) is 1. The minimum Gasteiger partial charge on any atom is -0.344 e. The number of fused-ring (bicyclic) bond motifs is 3. The Hall–Kier alpha value is -2.70. The van der Waals surface area contributed by atoms with Gasteiger partial charge in [-0.05, 0) is 49.3 Å². The molecule has 1 aliphatic carbocycles. The molecule has 4 aromatic rings. The minimum absolute atomic E-state index is 0.00113. The van der Waals surface area contributed by atoms with Crippen molar-refractivity contribution in [3.05, 3.63) is 88.1 Å². The number of benzene rings is 2. The lowest BCUT2D eigenvalue weighted by molar-refractivity contribution is -0.119. The largest absolute Gasteiger partial charge is 0.344 e. The molecule has 0 unspecified atom stereocenters. The molecule has 0 spiro atoms. The first-order valence-corrected chi connectivity index (χ1v) is 12.8. The van der Waals surface area contributed by atoms with E-state index in [4.69, 9.17) is 4.98 Å². The summed E-state index contributed by atoms with van der Waals surface area (Å²) in [7, 11) is 0. The number of nitrogens with zero attached hydrogens (tertiary/aromatic N) is 2. The SMILES string of the molecule is Cc1nc(SCC(=O)NC(c2ccccc2)c2ccccc2)c2c3c(sc2n1)CCCC3. The molecule has 0 aliphatic heterocycles. The summed E-state index contributed by atoms with van der Waals surface area (Å²) >= 11 is 3.33. The number of aromatic nitrogens is 2. The lowest BCUT2D eigenvalue weighted by Crippen LogP contribution is -2.30. The third-order valence-corrected chi connectivity index (χ3v) is 7.97. The van der Waals surface area contributed by atoms with Crippen LogP contribution in [0.25, 0.3) is 10.2 Å². The van der Waals surface area contributed by atoms with Crippen LogP contribution in [0.1, 0.15) is 46.3 Å². The second kappa shape index (κ2) is 9.43. The summed E-state index contributed by atoms with van der Waals surface area (Å²) in [5, 5.41) is 5.36. The molecule has 1 amide bonds. The molecular formula is C26H25N3OS2. The highest BCUT2D eigenvalue weighted by atomic mass is 32.2. The third kappa shape index (κ3) is 4.43. The molecule has 0 fully saturated rings. The molecule has 2 heterocycles. The highest BCUT2D eigenvalue weighted by molar-refractivity contribution is 8.00. The number of carbonyl (C=O) groups excluding carboxylic acids is 1. The van der Waals surface area contributed by atoms with E-state index in [-0.39, 0.29) is 11.9 Å². The zero-order valence-corrected chi connectivity index (χ0v) is 19.6. The quantitative estimate of drug-likeness (QED) is 0.289. The van der Waals surface area contributed by atoms with Crippen molar-refractivity contribution in [2.75, 3.05) is 5.75 Å². The van der Waals surface area contributed by atoms with Crippen LogP contribution in [0.3, 0.4) is 0 Å². The van der Waals surface area contributed by atoms with Crippen molar-refractivity contribution in [2.45, 2.75) is 43.7 Å². The van der Waals surface area contributed by atoms with Crippen LogP contribution in [0, 0.1) is 6.92 Å². The van der Waals surface area contributed by atoms with Crippen molar-refractivity contribution in [1.29, 1.82) is 0 Å². The van der Waals surface area contributed by atoms with Crippen LogP contribution in [0.5, 0.6) is 0 Å². The van der Waals surface area contributed by atoms with Gasteiger partial charge < -0.3 is 5.32 Å². The average Bonchev–Trinajstić information content (AvgIpc) is 3.20. The predicted octanol–water partition coefficient (Wildman–Crippen LogP) is 5.88. The summed E-state index contributed by atoms with van der Waals surface area (Å²) in [5.41, 5.74) is 3.55. The van der Waals surface area contributed by atoms with E-state index in [0.29, 0.717) is 5.75 Å². The molecule has 0 bridgehead atoms. The van der Waals surface area contributed by atoms with Gasteiger partial charge in [0.2, 0.25) is 5.91 Å². The lowest BCUT2D eigenvalue weighted by Gasteiger charge is -2.20. The van der Waals surface area contributed by atoms with Gasteiger partial charge in [-0.2, -0.15) is 0 Å². The van der Waals surface area contributed by atoms with Gasteiger partial charge in [0.1, 0.15) is 15.7 Å². The zero-order valence-electron chi connectivity index (χ0n) is 18.0. The van der Waals surface area contributed by atoms with E-state index in [2.05, 4.69) is 34.6 Å². The summed E-state index contributed by atoms with van der Waals surface area (Å²) in [6, 6.07) is 20.1. The van der Waals surface area contributed by atoms with Gasteiger partial charge >= 0.3 is 0 Å². The molecule has 2 aromatic heterocycles. The first-order chi connectivity index (χ1) is 15.7. The first kappa shape index (κ1) is 21.2. The van der Waals surface area contributed by atoms with Crippen molar-refractivity contribution in [2.24, 2.45) is 0 Å². The summed E-state index contributed by atoms with van der Waals surface area (Å²) < 4.78 is 0. The fraction of sp³-hybridized carbons (Fsp3) is 0.269. The van der Waals surface area contributed by atoms with E-state index in [1.54, 1.807) is 11.3 Å². The van der Waals surface area contributed by atoms with Crippen molar-refractivity contribution in [3.63, 3.8) is 0 Å². The highest BCUT2D eigenvalue weighted by Gasteiger charge is 2.22. The fourth-order valence-electron chi connectivity index (χ4n) is 4.32. The number of rotatable bonds is 6. The van der Waals surface area contributed by atoms with Crippen LogP contribution in [0.15, 0.2) is 65.7 Å². The maximum absolute atomic E-state index is 13.0. The van der Waals surface area contributed by atoms with Gasteiger partial charge in [-0.1, -0.05) is 72.4 Å². The summed E-state index contributed by atoms with van der Waals surface area (Å²) in [4.78, 5) is 25.0. The van der Waals surface area contributed by atoms with Gasteiger partial charge in [0.05, 0.1) is 11.8 Å². The molecule has 5 rings (SSSR count). The number of thiophene rings is 1. The summed E-state index contributed by atoms with van der Waals surface area (Å²) in [6.45, 7) is 1.93. The second-order valence-corrected chi connectivity index (χ2v) is 10.1. The van der Waals surface area contributed by atoms with Crippen LogP contribution >= 0.6 is 23.1 Å². The second-order valence-electron chi connectivity index (χ2n) is 8.08. The third-order valence-electron chi connectivity index (χ3n) is 5.80. The summed E-state index contributed by atoms with van der Waals surface area (Å²) in [6.07, 6.45) is 4.69. The van der Waals surface area contributed by atoms with Gasteiger partial charge in [0, 0.05) is 10.3 Å². The van der Waals surface area contributed by atoms with Crippen molar-refractivity contribution >= 4 is 39.2 Å². The zero-order chi connectivity index (χ0) is 21.9. The average molecular weight is 460 g/mol. The fourth-order valence-corrected chi connectivity index (χ4v) is 6.60. The molecule has 4 nitrogen and oxygen atoms in total. The molecule has 0 atom stereocenters. The minimum atomic E-state index is -0.174. The lowest BCUT2D eigenvalue weighted by atomic mass is 9.97. The molecule has 1 aliphatic rings. The maximum Gasteiger partial charge on any atom is 0.231 e. The molecule has 2 aromatic carbocycles. The molecule has 32 heavy (non-hydrogen) atoms. The van der Waals surface area contributed by atoms with E-state index in [9.17, 15) is 4.79 Å². The normalized spacial score (nSPS) is 13.3. The molecule has 0 saturated heterocycles. The van der Waals surface area contributed by atoms with Crippen molar-refractivity contribution < 1.29 is 4.79 Å². The van der Waals surface area contributed by atoms with E-state index in [1.165, 1.54) is 40.4 Å². The monoisotopic (exact) mass is 459 g/mol. The molecular weight excluding hydrogens is 434 g/mol. The Balaban J connectivity index is 1.37. The smallest absolute Gasteiger partial charge is 0.231 e.